The molecule has 33 heavy (non-hydrogen) atoms. The van der Waals surface area contributed by atoms with E-state index >= 15 is 0 Å². The molecular formula is C25H24ClN3O4. The highest BCUT2D eigenvalue weighted by Crippen LogP contribution is 2.27. The lowest BCUT2D eigenvalue weighted by Gasteiger charge is -2.17. The summed E-state index contributed by atoms with van der Waals surface area (Å²) in [6.07, 6.45) is 0.153. The first-order valence-electron chi connectivity index (χ1n) is 10.5. The van der Waals surface area contributed by atoms with E-state index in [2.05, 4.69) is 10.9 Å². The Bertz CT molecular complexity index is 1140. The second kappa shape index (κ2) is 10.3. The molecule has 1 atom stereocenters. The summed E-state index contributed by atoms with van der Waals surface area (Å²) in [6.45, 7) is 0.653. The first-order valence-corrected chi connectivity index (χ1v) is 10.9. The van der Waals surface area contributed by atoms with Crippen molar-refractivity contribution in [2.24, 2.45) is 5.92 Å². The van der Waals surface area contributed by atoms with E-state index in [1.807, 2.05) is 54.6 Å². The van der Waals surface area contributed by atoms with Crippen molar-refractivity contribution in [3.05, 3.63) is 83.4 Å². The number of ether oxygens (including phenoxy) is 2. The van der Waals surface area contributed by atoms with Crippen molar-refractivity contribution >= 4 is 34.8 Å². The second-order valence-electron chi connectivity index (χ2n) is 7.63. The number of nitrogens with one attached hydrogen (secondary N) is 2. The van der Waals surface area contributed by atoms with Crippen LogP contribution in [0.25, 0.3) is 0 Å². The number of hydrogen-bond acceptors (Lipinski definition) is 5. The van der Waals surface area contributed by atoms with Crippen LogP contribution in [0, 0.1) is 5.92 Å². The maximum absolute atomic E-state index is 12.7. The van der Waals surface area contributed by atoms with E-state index in [1.165, 1.54) is 0 Å². The fourth-order valence-corrected chi connectivity index (χ4v) is 3.76. The smallest absolute Gasteiger partial charge is 0.243 e. The Morgan fingerprint density at radius 1 is 1.06 bits per heavy atom. The van der Waals surface area contributed by atoms with Gasteiger partial charge in [0.25, 0.3) is 0 Å². The van der Waals surface area contributed by atoms with Crippen LogP contribution >= 0.6 is 11.6 Å². The van der Waals surface area contributed by atoms with Crippen molar-refractivity contribution in [1.82, 2.24) is 5.43 Å². The van der Waals surface area contributed by atoms with Gasteiger partial charge in [0.1, 0.15) is 18.1 Å². The number of rotatable bonds is 8. The van der Waals surface area contributed by atoms with Crippen LogP contribution in [0.2, 0.25) is 5.02 Å². The molecular weight excluding hydrogens is 442 g/mol. The molecule has 3 aromatic rings. The molecule has 8 heteroatoms. The zero-order valence-electron chi connectivity index (χ0n) is 18.1. The third kappa shape index (κ3) is 5.56. The van der Waals surface area contributed by atoms with Gasteiger partial charge in [-0.25, -0.2) is 0 Å². The number of halogens is 1. The van der Waals surface area contributed by atoms with Gasteiger partial charge in [-0.1, -0.05) is 35.9 Å². The number of hydrogen-bond donors (Lipinski definition) is 2. The largest absolute Gasteiger partial charge is 0.497 e. The Labute approximate surface area is 197 Å². The van der Waals surface area contributed by atoms with Gasteiger partial charge in [0.15, 0.2) is 0 Å². The van der Waals surface area contributed by atoms with E-state index in [1.54, 1.807) is 30.2 Å². The molecule has 4 rings (SSSR count). The monoisotopic (exact) mass is 465 g/mol. The molecule has 1 aliphatic heterocycles. The van der Waals surface area contributed by atoms with Crippen molar-refractivity contribution in [3.8, 4) is 11.5 Å². The Balaban J connectivity index is 1.31. The summed E-state index contributed by atoms with van der Waals surface area (Å²) in [4.78, 5) is 26.7. The molecule has 1 fully saturated rings. The van der Waals surface area contributed by atoms with Gasteiger partial charge in [-0.3, -0.25) is 20.4 Å². The quantitative estimate of drug-likeness (QED) is 0.481. The first kappa shape index (κ1) is 22.5. The summed E-state index contributed by atoms with van der Waals surface area (Å²) in [5, 5.41) is 0.647. The lowest BCUT2D eigenvalue weighted by molar-refractivity contribution is -0.125. The van der Waals surface area contributed by atoms with E-state index < -0.39 is 5.92 Å². The molecule has 0 bridgehead atoms. The zero-order valence-corrected chi connectivity index (χ0v) is 18.8. The number of methoxy groups -OCH3 is 1. The predicted molar refractivity (Wildman–Crippen MR) is 127 cm³/mol. The number of hydrazine groups is 1. The standard InChI is InChI=1S/C25H24ClN3O4/c1-32-21-11-9-20(10-12-21)29-15-18(13-24(29)30)25(31)28-27-19-6-4-7-22(14-19)33-16-17-5-2-3-8-23(17)26/h2-12,14,18,27H,13,15-16H2,1H3,(H,28,31)/t18-/m1/s1. The van der Waals surface area contributed by atoms with Crippen LogP contribution in [0.1, 0.15) is 12.0 Å². The maximum Gasteiger partial charge on any atom is 0.243 e. The number of carbonyl (C=O) groups excluding carboxylic acids is 2. The summed E-state index contributed by atoms with van der Waals surface area (Å²) in [6, 6.07) is 21.9. The molecule has 0 saturated carbocycles. The Kier molecular flexibility index (Phi) is 7.00. The van der Waals surface area contributed by atoms with Gasteiger partial charge in [0.2, 0.25) is 11.8 Å². The molecule has 1 heterocycles. The van der Waals surface area contributed by atoms with Crippen molar-refractivity contribution in [1.29, 1.82) is 0 Å². The lowest BCUT2D eigenvalue weighted by Crippen LogP contribution is -2.36. The molecule has 1 aliphatic rings. The van der Waals surface area contributed by atoms with E-state index in [9.17, 15) is 9.59 Å². The summed E-state index contributed by atoms with van der Waals surface area (Å²) in [7, 11) is 1.59. The van der Waals surface area contributed by atoms with E-state index in [0.29, 0.717) is 35.4 Å². The second-order valence-corrected chi connectivity index (χ2v) is 8.03. The fourth-order valence-electron chi connectivity index (χ4n) is 3.57. The minimum Gasteiger partial charge on any atom is -0.497 e. The summed E-state index contributed by atoms with van der Waals surface area (Å²) >= 11 is 6.17. The van der Waals surface area contributed by atoms with E-state index in [-0.39, 0.29) is 18.2 Å². The number of anilines is 2. The highest BCUT2D eigenvalue weighted by Gasteiger charge is 2.35. The molecule has 1 saturated heterocycles. The Morgan fingerprint density at radius 3 is 2.61 bits per heavy atom. The van der Waals surface area contributed by atoms with Crippen LogP contribution in [0.15, 0.2) is 72.8 Å². The number of carbonyl (C=O) groups is 2. The van der Waals surface area contributed by atoms with Crippen LogP contribution < -0.4 is 25.2 Å². The molecule has 7 nitrogen and oxygen atoms in total. The third-order valence-corrected chi connectivity index (χ3v) is 5.76. The summed E-state index contributed by atoms with van der Waals surface area (Å²) in [5.74, 6) is 0.557. The lowest BCUT2D eigenvalue weighted by atomic mass is 10.1. The average molecular weight is 466 g/mol. The van der Waals surface area contributed by atoms with Crippen LogP contribution in [-0.4, -0.2) is 25.5 Å². The van der Waals surface area contributed by atoms with Crippen LogP contribution in [0.3, 0.4) is 0 Å². The number of benzene rings is 3. The minimum absolute atomic E-state index is 0.0877. The normalized spacial score (nSPS) is 15.3. The highest BCUT2D eigenvalue weighted by atomic mass is 35.5. The van der Waals surface area contributed by atoms with Crippen LogP contribution in [-0.2, 0) is 16.2 Å². The van der Waals surface area contributed by atoms with E-state index in [4.69, 9.17) is 21.1 Å². The number of nitrogens with zero attached hydrogens (tertiary/aromatic N) is 1. The van der Waals surface area contributed by atoms with E-state index in [0.717, 1.165) is 11.3 Å². The molecule has 0 aromatic heterocycles. The van der Waals surface area contributed by atoms with Crippen molar-refractivity contribution < 1.29 is 19.1 Å². The summed E-state index contributed by atoms with van der Waals surface area (Å²) < 4.78 is 11.0. The maximum atomic E-state index is 12.7. The minimum atomic E-state index is -0.452. The van der Waals surface area contributed by atoms with Crippen LogP contribution in [0.4, 0.5) is 11.4 Å². The molecule has 0 spiro atoms. The predicted octanol–water partition coefficient (Wildman–Crippen LogP) is 4.42. The first-order chi connectivity index (χ1) is 16.0. The van der Waals surface area contributed by atoms with Gasteiger partial charge >= 0.3 is 0 Å². The molecule has 170 valence electrons. The van der Waals surface area contributed by atoms with Gasteiger partial charge < -0.3 is 14.4 Å². The van der Waals surface area contributed by atoms with Crippen molar-refractivity contribution in [2.75, 3.05) is 24.0 Å². The Hall–Kier alpha value is -3.71. The molecule has 2 N–H and O–H groups in total. The van der Waals surface area contributed by atoms with Gasteiger partial charge in [0.05, 0.1) is 18.7 Å². The molecule has 2 amide bonds. The molecule has 0 radical (unpaired) electrons. The SMILES string of the molecule is COc1ccc(N2C[C@H](C(=O)NNc3cccc(OCc4ccccc4Cl)c3)CC2=O)cc1. The zero-order chi connectivity index (χ0) is 23.2. The average Bonchev–Trinajstić information content (AvgIpc) is 3.24. The van der Waals surface area contributed by atoms with Gasteiger partial charge in [-0.2, -0.15) is 0 Å². The Morgan fingerprint density at radius 2 is 1.85 bits per heavy atom. The molecule has 0 unspecified atom stereocenters. The summed E-state index contributed by atoms with van der Waals surface area (Å²) in [5.41, 5.74) is 7.89. The molecule has 0 aliphatic carbocycles. The van der Waals surface area contributed by atoms with Gasteiger partial charge in [-0.15, -0.1) is 0 Å². The highest BCUT2D eigenvalue weighted by molar-refractivity contribution is 6.31. The molecule has 3 aromatic carbocycles. The van der Waals surface area contributed by atoms with Crippen LogP contribution in [0.5, 0.6) is 11.5 Å². The number of amides is 2. The van der Waals surface area contributed by atoms with Crippen molar-refractivity contribution in [3.63, 3.8) is 0 Å². The topological polar surface area (TPSA) is 79.9 Å². The van der Waals surface area contributed by atoms with Gasteiger partial charge in [0, 0.05) is 35.3 Å². The van der Waals surface area contributed by atoms with Crippen molar-refractivity contribution in [2.45, 2.75) is 13.0 Å². The van der Waals surface area contributed by atoms with Gasteiger partial charge in [-0.05, 0) is 42.5 Å². The fraction of sp³-hybridized carbons (Fsp3) is 0.200. The third-order valence-electron chi connectivity index (χ3n) is 5.40.